The Bertz CT molecular complexity index is 1530. The van der Waals surface area contributed by atoms with Crippen LogP contribution in [0.5, 0.6) is 5.88 Å². The van der Waals surface area contributed by atoms with Gasteiger partial charge in [-0.25, -0.2) is 9.59 Å². The summed E-state index contributed by atoms with van der Waals surface area (Å²) in [5.74, 6) is -1.55. The van der Waals surface area contributed by atoms with Crippen LogP contribution in [-0.2, 0) is 16.0 Å². The van der Waals surface area contributed by atoms with Gasteiger partial charge in [-0.05, 0) is 50.6 Å². The number of imide groups is 2. The Morgan fingerprint density at radius 3 is 2.40 bits per heavy atom. The molecule has 0 saturated carbocycles. The third-order valence-electron chi connectivity index (χ3n) is 8.28. The first kappa shape index (κ1) is 27.3. The molecule has 2 fully saturated rings. The number of nitrogens with zero attached hydrogens (tertiary/aromatic N) is 6. The van der Waals surface area contributed by atoms with Crippen molar-refractivity contribution in [1.29, 1.82) is 0 Å². The summed E-state index contributed by atoms with van der Waals surface area (Å²) in [4.78, 5) is 77.7. The average molecular weight is 552 g/mol. The SMILES string of the molecule is CCN1CCN2c3ccc(N=Cc4c(O)n(C(C)C)c(=O)[nH]c4=O)cc3CC3(C(=O)N(C)C(=O)N(C)C3=O)[C@@H]2C1. The van der Waals surface area contributed by atoms with Crippen LogP contribution < -0.4 is 16.1 Å². The van der Waals surface area contributed by atoms with Gasteiger partial charge in [-0.1, -0.05) is 6.92 Å². The lowest BCUT2D eigenvalue weighted by molar-refractivity contribution is -0.160. The number of likely N-dealkylation sites (N-methyl/N-ethyl adjacent to an activating group) is 1. The molecule has 13 nitrogen and oxygen atoms in total. The van der Waals surface area contributed by atoms with Crippen LogP contribution in [-0.4, -0.2) is 99.7 Å². The lowest BCUT2D eigenvalue weighted by Gasteiger charge is -2.56. The highest BCUT2D eigenvalue weighted by Crippen LogP contribution is 2.47. The highest BCUT2D eigenvalue weighted by atomic mass is 16.3. The molecular formula is C27H33N7O6. The summed E-state index contributed by atoms with van der Waals surface area (Å²) in [6, 6.07) is 3.86. The number of barbiturate groups is 1. The van der Waals surface area contributed by atoms with E-state index in [9.17, 15) is 29.1 Å². The van der Waals surface area contributed by atoms with Crippen LogP contribution in [0, 0.1) is 5.41 Å². The third-order valence-corrected chi connectivity index (χ3v) is 8.28. The number of H-pyrrole nitrogens is 1. The highest BCUT2D eigenvalue weighted by Gasteiger charge is 2.63. The van der Waals surface area contributed by atoms with E-state index in [-0.39, 0.29) is 12.0 Å². The Hall–Kier alpha value is -4.26. The van der Waals surface area contributed by atoms with Gasteiger partial charge < -0.3 is 10.0 Å². The van der Waals surface area contributed by atoms with E-state index in [1.54, 1.807) is 26.0 Å². The summed E-state index contributed by atoms with van der Waals surface area (Å²) in [5, 5.41) is 10.6. The second-order valence-corrected chi connectivity index (χ2v) is 10.8. The van der Waals surface area contributed by atoms with Crippen LogP contribution in [0.25, 0.3) is 0 Å². The molecule has 0 bridgehead atoms. The monoisotopic (exact) mass is 551 g/mol. The fraction of sp³-hybridized carbons (Fsp3) is 0.481. The number of fused-ring (bicyclic) bond motifs is 4. The fourth-order valence-corrected chi connectivity index (χ4v) is 6.14. The molecule has 1 spiro atoms. The number of amides is 4. The van der Waals surface area contributed by atoms with E-state index in [0.717, 1.165) is 33.1 Å². The number of carbonyl (C=O) groups excluding carboxylic acids is 3. The summed E-state index contributed by atoms with van der Waals surface area (Å²) in [6.45, 7) is 8.04. The van der Waals surface area contributed by atoms with E-state index < -0.39 is 52.5 Å². The third kappa shape index (κ3) is 3.95. The molecule has 1 aromatic carbocycles. The van der Waals surface area contributed by atoms with Crippen molar-refractivity contribution in [3.8, 4) is 5.88 Å². The Balaban J connectivity index is 1.60. The standard InChI is InChI=1S/C27H33N7O6/c1-6-32-9-10-33-19-8-7-17(28-13-18-21(35)29-25(39)34(15(2)3)22(18)36)11-16(19)12-27(20(33)14-32)23(37)30(4)26(40)31(5)24(27)38/h7-8,11,13,15,20,36H,6,9-10,12,14H2,1-5H3,(H,29,35,39)/t20-/m0/s1. The van der Waals surface area contributed by atoms with Gasteiger partial charge in [-0.2, -0.15) is 0 Å². The molecule has 4 amide bonds. The smallest absolute Gasteiger partial charge is 0.332 e. The molecule has 5 rings (SSSR count). The molecule has 4 heterocycles. The van der Waals surface area contributed by atoms with Crippen molar-refractivity contribution in [3.05, 3.63) is 50.2 Å². The van der Waals surface area contributed by atoms with Crippen LogP contribution >= 0.6 is 0 Å². The molecule has 0 unspecified atom stereocenters. The second-order valence-electron chi connectivity index (χ2n) is 10.8. The second kappa shape index (κ2) is 9.73. The first-order chi connectivity index (χ1) is 18.9. The lowest BCUT2D eigenvalue weighted by Crippen LogP contribution is -2.74. The van der Waals surface area contributed by atoms with Gasteiger partial charge in [0, 0.05) is 51.7 Å². The van der Waals surface area contributed by atoms with Crippen molar-refractivity contribution in [2.45, 2.75) is 39.3 Å². The Morgan fingerprint density at radius 2 is 1.77 bits per heavy atom. The van der Waals surface area contributed by atoms with Gasteiger partial charge in [0.15, 0.2) is 5.41 Å². The van der Waals surface area contributed by atoms with Crippen LogP contribution in [0.15, 0.2) is 32.8 Å². The Labute approximate surface area is 230 Å². The summed E-state index contributed by atoms with van der Waals surface area (Å²) in [7, 11) is 2.80. The molecule has 1 aromatic heterocycles. The number of nitrogens with one attached hydrogen (secondary N) is 1. The van der Waals surface area contributed by atoms with Crippen molar-refractivity contribution < 1.29 is 19.5 Å². The van der Waals surface area contributed by atoms with Crippen molar-refractivity contribution in [2.24, 2.45) is 10.4 Å². The van der Waals surface area contributed by atoms with E-state index in [1.807, 2.05) is 13.0 Å². The molecule has 212 valence electrons. The topological polar surface area (TPSA) is 152 Å². The maximum absolute atomic E-state index is 13.8. The van der Waals surface area contributed by atoms with Crippen LogP contribution in [0.3, 0.4) is 0 Å². The summed E-state index contributed by atoms with van der Waals surface area (Å²) < 4.78 is 1.06. The van der Waals surface area contributed by atoms with Gasteiger partial charge in [0.25, 0.3) is 5.56 Å². The molecule has 13 heteroatoms. The van der Waals surface area contributed by atoms with E-state index in [2.05, 4.69) is 19.8 Å². The molecule has 40 heavy (non-hydrogen) atoms. The summed E-state index contributed by atoms with van der Waals surface area (Å²) >= 11 is 0. The van der Waals surface area contributed by atoms with E-state index >= 15 is 0 Å². The van der Waals surface area contributed by atoms with Crippen molar-refractivity contribution >= 4 is 35.4 Å². The minimum absolute atomic E-state index is 0.0775. The number of urea groups is 1. The quantitative estimate of drug-likeness (QED) is 0.416. The van der Waals surface area contributed by atoms with Crippen LogP contribution in [0.4, 0.5) is 16.2 Å². The number of anilines is 1. The molecule has 2 saturated heterocycles. The summed E-state index contributed by atoms with van der Waals surface area (Å²) in [6.07, 6.45) is 1.26. The minimum Gasteiger partial charge on any atom is -0.494 e. The highest BCUT2D eigenvalue weighted by molar-refractivity contribution is 6.20. The van der Waals surface area contributed by atoms with E-state index in [0.29, 0.717) is 24.3 Å². The molecule has 2 aromatic rings. The van der Waals surface area contributed by atoms with Crippen molar-refractivity contribution in [2.75, 3.05) is 45.2 Å². The van der Waals surface area contributed by atoms with Crippen LogP contribution in [0.1, 0.15) is 37.9 Å². The zero-order chi connectivity index (χ0) is 29.1. The Morgan fingerprint density at radius 1 is 1.10 bits per heavy atom. The van der Waals surface area contributed by atoms with E-state index in [4.69, 9.17) is 0 Å². The number of hydrogen-bond donors (Lipinski definition) is 2. The molecular weight excluding hydrogens is 518 g/mol. The number of carbonyl (C=O) groups is 3. The van der Waals surface area contributed by atoms with Crippen LogP contribution in [0.2, 0.25) is 0 Å². The van der Waals surface area contributed by atoms with Gasteiger partial charge in [0.2, 0.25) is 17.7 Å². The van der Waals surface area contributed by atoms with Gasteiger partial charge in [-0.3, -0.25) is 43.6 Å². The first-order valence-electron chi connectivity index (χ1n) is 13.3. The number of aromatic nitrogens is 2. The number of aliphatic imine (C=N–C) groups is 1. The zero-order valence-electron chi connectivity index (χ0n) is 23.2. The maximum atomic E-state index is 13.8. The van der Waals surface area contributed by atoms with Gasteiger partial charge in [-0.15, -0.1) is 0 Å². The molecule has 0 aliphatic carbocycles. The van der Waals surface area contributed by atoms with Gasteiger partial charge in [0.05, 0.1) is 11.7 Å². The number of aromatic hydroxyl groups is 1. The van der Waals surface area contributed by atoms with Crippen molar-refractivity contribution in [1.82, 2.24) is 24.3 Å². The lowest BCUT2D eigenvalue weighted by atomic mass is 9.67. The number of piperazine rings is 1. The largest absolute Gasteiger partial charge is 0.494 e. The average Bonchev–Trinajstić information content (AvgIpc) is 2.92. The number of benzene rings is 1. The Kier molecular flexibility index (Phi) is 6.65. The normalized spacial score (nSPS) is 21.1. The van der Waals surface area contributed by atoms with Gasteiger partial charge in [0.1, 0.15) is 5.56 Å². The minimum atomic E-state index is -1.50. The molecule has 3 aliphatic rings. The molecule has 2 N–H and O–H groups in total. The van der Waals surface area contributed by atoms with E-state index in [1.165, 1.54) is 20.3 Å². The predicted octanol–water partition coefficient (Wildman–Crippen LogP) is 0.677. The number of aromatic amines is 1. The summed E-state index contributed by atoms with van der Waals surface area (Å²) in [5.41, 5.74) is -1.15. The predicted molar refractivity (Wildman–Crippen MR) is 147 cm³/mol. The van der Waals surface area contributed by atoms with Crippen molar-refractivity contribution in [3.63, 3.8) is 0 Å². The molecule has 1 atom stereocenters. The molecule has 0 radical (unpaired) electrons. The number of hydrogen-bond acceptors (Lipinski definition) is 9. The number of rotatable bonds is 4. The fourth-order valence-electron chi connectivity index (χ4n) is 6.14. The molecule has 3 aliphatic heterocycles. The zero-order valence-corrected chi connectivity index (χ0v) is 23.2. The van der Waals surface area contributed by atoms with Gasteiger partial charge >= 0.3 is 11.7 Å². The first-order valence-corrected chi connectivity index (χ1v) is 13.3. The maximum Gasteiger partial charge on any atom is 0.332 e.